The Hall–Kier alpha value is -2.86. The van der Waals surface area contributed by atoms with Crippen LogP contribution in [-0.4, -0.2) is 57.3 Å². The van der Waals surface area contributed by atoms with Gasteiger partial charge in [-0.2, -0.15) is 0 Å². The third-order valence-corrected chi connectivity index (χ3v) is 4.43. The van der Waals surface area contributed by atoms with E-state index in [0.29, 0.717) is 43.1 Å². The van der Waals surface area contributed by atoms with Gasteiger partial charge in [-0.25, -0.2) is 4.79 Å². The fourth-order valence-corrected chi connectivity index (χ4v) is 3.19. The van der Waals surface area contributed by atoms with Crippen molar-refractivity contribution in [3.8, 4) is 0 Å². The van der Waals surface area contributed by atoms with Crippen LogP contribution < -0.4 is 9.80 Å². The monoisotopic (exact) mass is 354 g/mol. The van der Waals surface area contributed by atoms with Crippen molar-refractivity contribution in [3.05, 3.63) is 59.2 Å². The molecule has 0 saturated carbocycles. The zero-order valence-electron chi connectivity index (χ0n) is 14.9. The number of hydrogen-bond donors (Lipinski definition) is 1. The zero-order valence-corrected chi connectivity index (χ0v) is 14.9. The fraction of sp³-hybridized carbons (Fsp3) is 0.300. The third kappa shape index (κ3) is 3.55. The molecule has 0 bridgehead atoms. The zero-order chi connectivity index (χ0) is 18.7. The van der Waals surface area contributed by atoms with E-state index in [1.807, 2.05) is 6.07 Å². The lowest BCUT2D eigenvalue weighted by Gasteiger charge is -2.30. The van der Waals surface area contributed by atoms with Crippen molar-refractivity contribution >= 4 is 23.1 Å². The Morgan fingerprint density at radius 2 is 1.65 bits per heavy atom. The number of carboxylic acid groups (broad SMARTS) is 1. The minimum atomic E-state index is -1.05. The summed E-state index contributed by atoms with van der Waals surface area (Å²) in [6.45, 7) is 2.50. The number of benzene rings is 2. The van der Waals surface area contributed by atoms with Crippen molar-refractivity contribution in [3.63, 3.8) is 0 Å². The summed E-state index contributed by atoms with van der Waals surface area (Å²) in [7, 11) is 3.50. The van der Waals surface area contributed by atoms with Crippen LogP contribution in [0.3, 0.4) is 0 Å². The Bertz CT molecular complexity index is 812. The highest BCUT2D eigenvalue weighted by Crippen LogP contribution is 2.32. The molecule has 1 heterocycles. The summed E-state index contributed by atoms with van der Waals surface area (Å²) in [6, 6.07) is 12.4. The number of nitrogens with zero attached hydrogens (tertiary/aromatic N) is 2. The molecule has 0 radical (unpaired) electrons. The highest BCUT2D eigenvalue weighted by Gasteiger charge is 2.25. The van der Waals surface area contributed by atoms with Crippen molar-refractivity contribution in [2.45, 2.75) is 0 Å². The van der Waals surface area contributed by atoms with Gasteiger partial charge in [-0.1, -0.05) is 30.3 Å². The quantitative estimate of drug-likeness (QED) is 0.832. The molecule has 1 N–H and O–H groups in total. The summed E-state index contributed by atoms with van der Waals surface area (Å²) in [5.41, 5.74) is 2.20. The van der Waals surface area contributed by atoms with Crippen LogP contribution in [-0.2, 0) is 4.74 Å². The number of hydrogen-bond acceptors (Lipinski definition) is 5. The van der Waals surface area contributed by atoms with Crippen molar-refractivity contribution < 1.29 is 19.4 Å². The van der Waals surface area contributed by atoms with Crippen LogP contribution in [0.2, 0.25) is 0 Å². The van der Waals surface area contributed by atoms with E-state index in [2.05, 4.69) is 4.90 Å². The number of carbonyl (C=O) groups excluding carboxylic acids is 1. The number of aromatic carboxylic acids is 1. The Labute approximate surface area is 152 Å². The minimum absolute atomic E-state index is 0.123. The summed E-state index contributed by atoms with van der Waals surface area (Å²) in [5.74, 6) is -1.24. The summed E-state index contributed by atoms with van der Waals surface area (Å²) >= 11 is 0. The fourth-order valence-electron chi connectivity index (χ4n) is 3.19. The first-order chi connectivity index (χ1) is 12.5. The summed E-state index contributed by atoms with van der Waals surface area (Å²) < 4.78 is 5.37. The topological polar surface area (TPSA) is 70.1 Å². The van der Waals surface area contributed by atoms with Crippen LogP contribution in [0.1, 0.15) is 26.3 Å². The summed E-state index contributed by atoms with van der Waals surface area (Å²) in [6.07, 6.45) is 0. The number of carbonyl (C=O) groups is 2. The van der Waals surface area contributed by atoms with Crippen molar-refractivity contribution in [2.24, 2.45) is 0 Å². The van der Waals surface area contributed by atoms with Gasteiger partial charge in [-0.05, 0) is 12.1 Å². The molecule has 1 aliphatic rings. The molecule has 26 heavy (non-hydrogen) atoms. The molecule has 0 unspecified atom stereocenters. The Balaban J connectivity index is 2.17. The second kappa shape index (κ2) is 7.58. The van der Waals surface area contributed by atoms with Gasteiger partial charge in [-0.3, -0.25) is 4.79 Å². The van der Waals surface area contributed by atoms with Gasteiger partial charge in [-0.15, -0.1) is 0 Å². The van der Waals surface area contributed by atoms with Crippen LogP contribution in [0.25, 0.3) is 0 Å². The Morgan fingerprint density at radius 1 is 1.04 bits per heavy atom. The van der Waals surface area contributed by atoms with E-state index in [0.717, 1.165) is 5.69 Å². The molecule has 1 fully saturated rings. The number of ether oxygens (including phenoxy) is 1. The van der Waals surface area contributed by atoms with Crippen molar-refractivity contribution in [1.29, 1.82) is 0 Å². The van der Waals surface area contributed by atoms with E-state index in [4.69, 9.17) is 4.74 Å². The van der Waals surface area contributed by atoms with Crippen molar-refractivity contribution in [2.75, 3.05) is 50.2 Å². The molecule has 136 valence electrons. The molecular weight excluding hydrogens is 332 g/mol. The molecule has 0 atom stereocenters. The van der Waals surface area contributed by atoms with Crippen LogP contribution in [0.15, 0.2) is 42.5 Å². The van der Waals surface area contributed by atoms with Gasteiger partial charge in [0.05, 0.1) is 24.5 Å². The summed E-state index contributed by atoms with van der Waals surface area (Å²) in [5, 5.41) is 9.73. The summed E-state index contributed by atoms with van der Waals surface area (Å²) in [4.78, 5) is 28.7. The predicted molar refractivity (Wildman–Crippen MR) is 101 cm³/mol. The molecule has 6 nitrogen and oxygen atoms in total. The van der Waals surface area contributed by atoms with Crippen LogP contribution in [0.4, 0.5) is 11.4 Å². The van der Waals surface area contributed by atoms with Gasteiger partial charge in [0.1, 0.15) is 0 Å². The maximum Gasteiger partial charge on any atom is 0.337 e. The third-order valence-electron chi connectivity index (χ3n) is 4.43. The minimum Gasteiger partial charge on any atom is -0.478 e. The van der Waals surface area contributed by atoms with Crippen LogP contribution in [0, 0.1) is 0 Å². The molecular formula is C20H22N2O4. The lowest BCUT2D eigenvalue weighted by molar-refractivity contribution is 0.0697. The van der Waals surface area contributed by atoms with E-state index in [1.165, 1.54) is 0 Å². The second-order valence-electron chi connectivity index (χ2n) is 6.38. The SMILES string of the molecule is CN(C)c1c(C(=O)O)cc(N2CCOCC2)cc1C(=O)c1ccccc1. The van der Waals surface area contributed by atoms with Gasteiger partial charge in [0, 0.05) is 44.0 Å². The smallest absolute Gasteiger partial charge is 0.337 e. The Morgan fingerprint density at radius 3 is 2.23 bits per heavy atom. The molecule has 2 aromatic rings. The predicted octanol–water partition coefficient (Wildman–Crippen LogP) is 2.52. The molecule has 2 aromatic carbocycles. The number of carboxylic acids is 1. The van der Waals surface area contributed by atoms with Gasteiger partial charge < -0.3 is 19.6 Å². The van der Waals surface area contributed by atoms with E-state index in [-0.39, 0.29) is 11.3 Å². The number of ketones is 1. The normalized spacial score (nSPS) is 14.2. The standard InChI is InChI=1S/C20H22N2O4/c1-21(2)18-16(19(23)14-6-4-3-5-7-14)12-15(13-17(18)20(24)25)22-8-10-26-11-9-22/h3-7,12-13H,8-11H2,1-2H3,(H,24,25). The number of anilines is 2. The largest absolute Gasteiger partial charge is 0.478 e. The highest BCUT2D eigenvalue weighted by molar-refractivity contribution is 6.15. The number of rotatable bonds is 5. The maximum absolute atomic E-state index is 13.1. The van der Waals surface area contributed by atoms with Crippen molar-refractivity contribution in [1.82, 2.24) is 0 Å². The molecule has 1 aliphatic heterocycles. The van der Waals surface area contributed by atoms with E-state index >= 15 is 0 Å². The Kier molecular flexibility index (Phi) is 5.23. The average Bonchev–Trinajstić information content (AvgIpc) is 2.67. The van der Waals surface area contributed by atoms with Gasteiger partial charge >= 0.3 is 5.97 Å². The van der Waals surface area contributed by atoms with Crippen LogP contribution in [0.5, 0.6) is 0 Å². The van der Waals surface area contributed by atoms with E-state index in [9.17, 15) is 14.7 Å². The number of morpholine rings is 1. The van der Waals surface area contributed by atoms with Crippen LogP contribution >= 0.6 is 0 Å². The lowest BCUT2D eigenvalue weighted by atomic mass is 9.96. The second-order valence-corrected chi connectivity index (χ2v) is 6.38. The van der Waals surface area contributed by atoms with Gasteiger partial charge in [0.25, 0.3) is 0 Å². The first-order valence-electron chi connectivity index (χ1n) is 8.50. The molecule has 0 spiro atoms. The lowest BCUT2D eigenvalue weighted by Crippen LogP contribution is -2.36. The maximum atomic E-state index is 13.1. The molecule has 1 saturated heterocycles. The average molecular weight is 354 g/mol. The van der Waals surface area contributed by atoms with E-state index < -0.39 is 5.97 Å². The molecule has 6 heteroatoms. The molecule has 0 amide bonds. The van der Waals surface area contributed by atoms with Gasteiger partial charge in [0.15, 0.2) is 5.78 Å². The first-order valence-corrected chi connectivity index (χ1v) is 8.50. The molecule has 0 aliphatic carbocycles. The molecule has 0 aromatic heterocycles. The highest BCUT2D eigenvalue weighted by atomic mass is 16.5. The molecule has 3 rings (SSSR count). The van der Waals surface area contributed by atoms with Gasteiger partial charge in [0.2, 0.25) is 0 Å². The van der Waals surface area contributed by atoms with E-state index in [1.54, 1.807) is 55.4 Å². The first kappa shape index (κ1) is 17.9.